The fourth-order valence-corrected chi connectivity index (χ4v) is 3.85. The largest absolute Gasteiger partial charge is 0.487 e. The molecule has 3 rings (SSSR count). The molecule has 1 aliphatic rings. The molecule has 11 nitrogen and oxygen atoms in total. The summed E-state index contributed by atoms with van der Waals surface area (Å²) in [5.41, 5.74) is 0.691. The second kappa shape index (κ2) is 14.8. The molecule has 4 N–H and O–H groups in total. The minimum absolute atomic E-state index is 0.504. The number of benzene rings is 1. The second-order valence-corrected chi connectivity index (χ2v) is 9.20. The Balaban J connectivity index is 0.000000332. The van der Waals surface area contributed by atoms with Crippen molar-refractivity contribution in [3.63, 3.8) is 0 Å². The van der Waals surface area contributed by atoms with Crippen LogP contribution < -0.4 is 4.74 Å². The molecule has 0 bridgehead atoms. The number of pyridine rings is 1. The lowest BCUT2D eigenvalue weighted by Gasteiger charge is -2.35. The van der Waals surface area contributed by atoms with Crippen molar-refractivity contribution in [1.29, 1.82) is 0 Å². The molecular formula is C27H35N3O8. The Kier molecular flexibility index (Phi) is 11.9. The van der Waals surface area contributed by atoms with Gasteiger partial charge in [0.1, 0.15) is 12.4 Å². The predicted molar refractivity (Wildman–Crippen MR) is 139 cm³/mol. The zero-order chi connectivity index (χ0) is 28.1. The van der Waals surface area contributed by atoms with Crippen molar-refractivity contribution in [2.24, 2.45) is 0 Å². The van der Waals surface area contributed by atoms with Crippen LogP contribution in [-0.2, 0) is 27.5 Å². The van der Waals surface area contributed by atoms with Gasteiger partial charge in [-0.2, -0.15) is 0 Å². The van der Waals surface area contributed by atoms with E-state index in [4.69, 9.17) is 25.2 Å². The molecule has 0 amide bonds. The third kappa shape index (κ3) is 10.7. The van der Waals surface area contributed by atoms with Crippen LogP contribution in [0.1, 0.15) is 31.0 Å². The smallest absolute Gasteiger partial charge is 0.336 e. The van der Waals surface area contributed by atoms with Gasteiger partial charge in [-0.15, -0.1) is 0 Å². The molecule has 2 heterocycles. The molecule has 0 spiro atoms. The van der Waals surface area contributed by atoms with Gasteiger partial charge >= 0.3 is 17.9 Å². The lowest BCUT2D eigenvalue weighted by atomic mass is 9.96. The quantitative estimate of drug-likeness (QED) is 0.298. The number of aliphatic hydroxyl groups is 1. The molecule has 38 heavy (non-hydrogen) atoms. The molecule has 1 aliphatic heterocycles. The Bertz CT molecular complexity index is 1070. The highest BCUT2D eigenvalue weighted by molar-refractivity contribution is 5.88. The number of aliphatic carboxylic acids is 3. The number of hydrogen-bond donors (Lipinski definition) is 4. The van der Waals surface area contributed by atoms with E-state index < -0.39 is 36.4 Å². The zero-order valence-corrected chi connectivity index (χ0v) is 21.5. The summed E-state index contributed by atoms with van der Waals surface area (Å²) in [6.07, 6.45) is -0.488. The van der Waals surface area contributed by atoms with Crippen molar-refractivity contribution in [3.05, 3.63) is 72.1 Å². The number of piperazine rings is 1. The van der Waals surface area contributed by atoms with Gasteiger partial charge in [0.05, 0.1) is 18.5 Å². The predicted octanol–water partition coefficient (Wildman–Crippen LogP) is 2.11. The van der Waals surface area contributed by atoms with Crippen molar-refractivity contribution in [1.82, 2.24) is 14.8 Å². The van der Waals surface area contributed by atoms with Gasteiger partial charge in [0.15, 0.2) is 5.60 Å². The van der Waals surface area contributed by atoms with E-state index in [1.165, 1.54) is 11.1 Å². The van der Waals surface area contributed by atoms with Gasteiger partial charge in [0, 0.05) is 51.0 Å². The summed E-state index contributed by atoms with van der Waals surface area (Å²) in [6.45, 7) is 12.9. The minimum Gasteiger partial charge on any atom is -0.487 e. The van der Waals surface area contributed by atoms with Gasteiger partial charge in [-0.25, -0.2) is 4.79 Å². The summed E-state index contributed by atoms with van der Waals surface area (Å²) < 4.78 is 6.03. The number of carboxylic acids is 3. The van der Waals surface area contributed by atoms with Gasteiger partial charge in [0.2, 0.25) is 0 Å². The standard InChI is InChI=1S/C21H27N3O.C6H8O7/c1-18(2)15-23-11-13-24(14-12-23)16-19-7-3-4-9-21(19)25-17-20-8-5-6-10-22-20;7-3(8)1-6(13,5(11)12)2-4(9)10/h3-10H,1,11-17H2,2H3;13H,1-2H2,(H,7,8)(H,9,10)(H,11,12). The first kappa shape index (κ1) is 30.4. The molecule has 0 unspecified atom stereocenters. The second-order valence-electron chi connectivity index (χ2n) is 9.20. The number of rotatable bonds is 12. The van der Waals surface area contributed by atoms with Crippen LogP contribution in [0.5, 0.6) is 5.75 Å². The molecule has 1 aromatic heterocycles. The normalized spacial score (nSPS) is 14.2. The lowest BCUT2D eigenvalue weighted by molar-refractivity contribution is -0.170. The highest BCUT2D eigenvalue weighted by Crippen LogP contribution is 2.22. The van der Waals surface area contributed by atoms with E-state index in [0.29, 0.717) is 6.61 Å². The van der Waals surface area contributed by atoms with Crippen LogP contribution in [0.15, 0.2) is 60.8 Å². The summed E-state index contributed by atoms with van der Waals surface area (Å²) in [5.74, 6) is -4.06. The summed E-state index contributed by atoms with van der Waals surface area (Å²) in [6, 6.07) is 14.2. The van der Waals surface area contributed by atoms with Gasteiger partial charge in [-0.05, 0) is 25.1 Å². The molecule has 1 fully saturated rings. The van der Waals surface area contributed by atoms with Crippen LogP contribution in [0.25, 0.3) is 0 Å². The number of ether oxygens (including phenoxy) is 1. The molecule has 0 aliphatic carbocycles. The fraction of sp³-hybridized carbons (Fsp3) is 0.407. The van der Waals surface area contributed by atoms with E-state index in [9.17, 15) is 14.4 Å². The van der Waals surface area contributed by atoms with E-state index in [2.05, 4.69) is 46.5 Å². The van der Waals surface area contributed by atoms with Crippen molar-refractivity contribution >= 4 is 17.9 Å². The Morgan fingerprint density at radius 3 is 2.05 bits per heavy atom. The third-order valence-corrected chi connectivity index (χ3v) is 5.71. The van der Waals surface area contributed by atoms with E-state index in [1.54, 1.807) is 6.20 Å². The number of hydrogen-bond acceptors (Lipinski definition) is 8. The van der Waals surface area contributed by atoms with Crippen LogP contribution >= 0.6 is 0 Å². The zero-order valence-electron chi connectivity index (χ0n) is 21.5. The number of nitrogens with zero attached hydrogens (tertiary/aromatic N) is 3. The van der Waals surface area contributed by atoms with Crippen molar-refractivity contribution in [2.75, 3.05) is 32.7 Å². The number of carboxylic acid groups (broad SMARTS) is 3. The summed E-state index contributed by atoms with van der Waals surface area (Å²) in [4.78, 5) is 39.8. The van der Waals surface area contributed by atoms with Crippen LogP contribution in [0, 0.1) is 0 Å². The molecule has 2 aromatic rings. The number of aromatic nitrogens is 1. The molecule has 0 saturated carbocycles. The van der Waals surface area contributed by atoms with Crippen LogP contribution in [0.4, 0.5) is 0 Å². The maximum atomic E-state index is 10.3. The summed E-state index contributed by atoms with van der Waals surface area (Å²) in [7, 11) is 0. The van der Waals surface area contributed by atoms with E-state index in [-0.39, 0.29) is 0 Å². The van der Waals surface area contributed by atoms with Crippen LogP contribution in [0.3, 0.4) is 0 Å². The average Bonchev–Trinajstić information content (AvgIpc) is 2.84. The van der Waals surface area contributed by atoms with E-state index >= 15 is 0 Å². The van der Waals surface area contributed by atoms with E-state index in [0.717, 1.165) is 50.7 Å². The highest BCUT2D eigenvalue weighted by atomic mass is 16.5. The number of carbonyl (C=O) groups is 3. The molecule has 0 radical (unpaired) electrons. The first-order valence-electron chi connectivity index (χ1n) is 12.1. The first-order chi connectivity index (χ1) is 18.0. The minimum atomic E-state index is -2.74. The Morgan fingerprint density at radius 2 is 1.53 bits per heavy atom. The maximum absolute atomic E-state index is 10.3. The Morgan fingerprint density at radius 1 is 0.947 bits per heavy atom. The highest BCUT2D eigenvalue weighted by Gasteiger charge is 2.40. The maximum Gasteiger partial charge on any atom is 0.336 e. The summed E-state index contributed by atoms with van der Waals surface area (Å²) >= 11 is 0. The Hall–Kier alpha value is -3.80. The summed E-state index contributed by atoms with van der Waals surface area (Å²) in [5, 5.41) is 33.8. The fourth-order valence-electron chi connectivity index (χ4n) is 3.85. The monoisotopic (exact) mass is 529 g/mol. The van der Waals surface area contributed by atoms with Crippen LogP contribution in [0.2, 0.25) is 0 Å². The lowest BCUT2D eigenvalue weighted by Crippen LogP contribution is -2.46. The molecular weight excluding hydrogens is 494 g/mol. The van der Waals surface area contributed by atoms with Crippen molar-refractivity contribution in [3.8, 4) is 5.75 Å². The van der Waals surface area contributed by atoms with Gasteiger partial charge < -0.3 is 25.2 Å². The molecule has 0 atom stereocenters. The van der Waals surface area contributed by atoms with Crippen molar-refractivity contribution in [2.45, 2.75) is 38.5 Å². The van der Waals surface area contributed by atoms with Gasteiger partial charge in [0.25, 0.3) is 0 Å². The molecule has 11 heteroatoms. The number of para-hydroxylation sites is 1. The Labute approximate surface area is 221 Å². The SMILES string of the molecule is C=C(C)CN1CCN(Cc2ccccc2OCc2ccccn2)CC1.O=C(O)CC(O)(CC(=O)O)C(=O)O. The topological polar surface area (TPSA) is 161 Å². The van der Waals surface area contributed by atoms with Crippen molar-refractivity contribution < 1.29 is 39.5 Å². The molecule has 1 aromatic carbocycles. The third-order valence-electron chi connectivity index (χ3n) is 5.71. The molecule has 206 valence electrons. The average molecular weight is 530 g/mol. The van der Waals surface area contributed by atoms with Gasteiger partial charge in [-0.3, -0.25) is 24.4 Å². The van der Waals surface area contributed by atoms with Crippen LogP contribution in [-0.4, -0.2) is 91.4 Å². The van der Waals surface area contributed by atoms with E-state index in [1.807, 2.05) is 24.3 Å². The first-order valence-corrected chi connectivity index (χ1v) is 12.1. The van der Waals surface area contributed by atoms with Gasteiger partial charge in [-0.1, -0.05) is 36.4 Å². The molecule has 1 saturated heterocycles.